The molecule has 2 aromatic rings. The van der Waals surface area contributed by atoms with E-state index in [9.17, 15) is 4.79 Å². The molecule has 0 radical (unpaired) electrons. The Labute approximate surface area is 128 Å². The van der Waals surface area contributed by atoms with Gasteiger partial charge >= 0.3 is 0 Å². The quantitative estimate of drug-likeness (QED) is 0.870. The molecule has 0 unspecified atom stereocenters. The molecule has 1 amide bonds. The van der Waals surface area contributed by atoms with E-state index < -0.39 is 0 Å². The summed E-state index contributed by atoms with van der Waals surface area (Å²) in [5.74, 6) is -0.0722. The first-order chi connectivity index (χ1) is 9.56. The maximum atomic E-state index is 12.3. The van der Waals surface area contributed by atoms with Gasteiger partial charge in [0, 0.05) is 0 Å². The molecule has 0 aliphatic rings. The Bertz CT molecular complexity index is 568. The largest absolute Gasteiger partial charge is 0.339 e. The van der Waals surface area contributed by atoms with Crippen molar-refractivity contribution >= 4 is 28.8 Å². The van der Waals surface area contributed by atoms with E-state index in [2.05, 4.69) is 19.4 Å². The van der Waals surface area contributed by atoms with Crippen molar-refractivity contribution in [3.63, 3.8) is 0 Å². The first-order valence-electron chi connectivity index (χ1n) is 6.46. The zero-order valence-electron chi connectivity index (χ0n) is 11.5. The van der Waals surface area contributed by atoms with E-state index in [1.165, 1.54) is 16.2 Å². The number of likely N-dealkylation sites (N-methyl/N-ethyl adjacent to an activating group) is 1. The molecule has 2 N–H and O–H groups in total. The van der Waals surface area contributed by atoms with Gasteiger partial charge in [0.2, 0.25) is 0 Å². The van der Waals surface area contributed by atoms with Crippen LogP contribution in [0.3, 0.4) is 0 Å². The summed E-state index contributed by atoms with van der Waals surface area (Å²) in [6.45, 7) is 0.828. The lowest BCUT2D eigenvalue weighted by Gasteiger charge is -2.20. The van der Waals surface area contributed by atoms with Gasteiger partial charge in [-0.25, -0.2) is 0 Å². The summed E-state index contributed by atoms with van der Waals surface area (Å²) < 4.78 is 0.629. The molecule has 2 rings (SSSR count). The molecule has 0 aliphatic carbocycles. The third-order valence-electron chi connectivity index (χ3n) is 2.92. The SMILES string of the molecule is C[NH+](C)C[C@@H](NC(=O)c1ccc(Cl)s1)c1ccccc1. The lowest BCUT2D eigenvalue weighted by molar-refractivity contribution is -0.860. The highest BCUT2D eigenvalue weighted by molar-refractivity contribution is 7.17. The minimum Gasteiger partial charge on any atom is -0.339 e. The van der Waals surface area contributed by atoms with Crippen LogP contribution in [0, 0.1) is 0 Å². The van der Waals surface area contributed by atoms with Crippen LogP contribution >= 0.6 is 22.9 Å². The van der Waals surface area contributed by atoms with Gasteiger partial charge in [0.15, 0.2) is 0 Å². The fourth-order valence-corrected chi connectivity index (χ4v) is 2.96. The second-order valence-electron chi connectivity index (χ2n) is 4.95. The average Bonchev–Trinajstić information content (AvgIpc) is 2.85. The number of amides is 1. The molecular formula is C15H18ClN2OS+. The number of rotatable bonds is 5. The minimum atomic E-state index is -0.0722. The molecule has 1 aromatic carbocycles. The average molecular weight is 310 g/mol. The highest BCUT2D eigenvalue weighted by Gasteiger charge is 2.19. The number of thiophene rings is 1. The highest BCUT2D eigenvalue weighted by Crippen LogP contribution is 2.22. The Morgan fingerprint density at radius 3 is 2.50 bits per heavy atom. The van der Waals surface area contributed by atoms with E-state index in [1.807, 2.05) is 30.3 Å². The smallest absolute Gasteiger partial charge is 0.262 e. The Morgan fingerprint density at radius 1 is 1.25 bits per heavy atom. The minimum absolute atomic E-state index is 0.00502. The predicted molar refractivity (Wildman–Crippen MR) is 83.7 cm³/mol. The van der Waals surface area contributed by atoms with Crippen molar-refractivity contribution in [3.8, 4) is 0 Å². The standard InChI is InChI=1S/C15H17ClN2OS/c1-18(2)10-12(11-6-4-3-5-7-11)17-15(19)13-8-9-14(16)20-13/h3-9,12H,10H2,1-2H3,(H,17,19)/p+1/t12-/m1/s1. The van der Waals surface area contributed by atoms with Crippen LogP contribution in [0.4, 0.5) is 0 Å². The van der Waals surface area contributed by atoms with Crippen LogP contribution in [0.15, 0.2) is 42.5 Å². The van der Waals surface area contributed by atoms with Crippen LogP contribution in [0.5, 0.6) is 0 Å². The summed E-state index contributed by atoms with van der Waals surface area (Å²) >= 11 is 7.18. The fourth-order valence-electron chi connectivity index (χ4n) is 2.01. The topological polar surface area (TPSA) is 33.5 Å². The normalized spacial score (nSPS) is 12.4. The Balaban J connectivity index is 2.14. The molecule has 106 valence electrons. The zero-order chi connectivity index (χ0) is 14.5. The number of carbonyl (C=O) groups excluding carboxylic acids is 1. The van der Waals surface area contributed by atoms with Gasteiger partial charge < -0.3 is 10.2 Å². The lowest BCUT2D eigenvalue weighted by atomic mass is 10.1. The first-order valence-corrected chi connectivity index (χ1v) is 7.66. The molecule has 0 bridgehead atoms. The van der Waals surface area contributed by atoms with Gasteiger partial charge in [-0.1, -0.05) is 41.9 Å². The molecule has 0 saturated carbocycles. The van der Waals surface area contributed by atoms with Crippen LogP contribution in [0.2, 0.25) is 4.34 Å². The highest BCUT2D eigenvalue weighted by atomic mass is 35.5. The third-order valence-corrected chi connectivity index (χ3v) is 4.15. The number of carbonyl (C=O) groups is 1. The van der Waals surface area contributed by atoms with Crippen molar-refractivity contribution in [1.29, 1.82) is 0 Å². The van der Waals surface area contributed by atoms with Gasteiger partial charge in [-0.3, -0.25) is 4.79 Å². The monoisotopic (exact) mass is 309 g/mol. The third kappa shape index (κ3) is 4.07. The molecule has 0 spiro atoms. The summed E-state index contributed by atoms with van der Waals surface area (Å²) in [5.41, 5.74) is 1.12. The van der Waals surface area contributed by atoms with Gasteiger partial charge in [-0.15, -0.1) is 11.3 Å². The Kier molecular flexibility index (Phi) is 5.17. The Hall–Kier alpha value is -1.36. The Morgan fingerprint density at radius 2 is 1.95 bits per heavy atom. The van der Waals surface area contributed by atoms with E-state index in [0.717, 1.165) is 12.1 Å². The molecule has 1 aromatic heterocycles. The van der Waals surface area contributed by atoms with Crippen LogP contribution < -0.4 is 10.2 Å². The van der Waals surface area contributed by atoms with Crippen molar-refractivity contribution in [3.05, 3.63) is 57.2 Å². The van der Waals surface area contributed by atoms with Crippen molar-refractivity contribution < 1.29 is 9.69 Å². The summed E-state index contributed by atoms with van der Waals surface area (Å²) in [6.07, 6.45) is 0. The van der Waals surface area contributed by atoms with Crippen LogP contribution in [0.25, 0.3) is 0 Å². The lowest BCUT2D eigenvalue weighted by Crippen LogP contribution is -3.06. The van der Waals surface area contributed by atoms with Crippen LogP contribution in [-0.2, 0) is 0 Å². The van der Waals surface area contributed by atoms with Crippen molar-refractivity contribution in [2.24, 2.45) is 0 Å². The summed E-state index contributed by atoms with van der Waals surface area (Å²) in [5, 5.41) is 3.09. The molecule has 0 saturated heterocycles. The maximum Gasteiger partial charge on any atom is 0.262 e. The van der Waals surface area contributed by atoms with Gasteiger partial charge in [-0.2, -0.15) is 0 Å². The number of quaternary nitrogens is 1. The number of nitrogens with one attached hydrogen (secondary N) is 2. The second-order valence-corrected chi connectivity index (χ2v) is 6.67. The number of hydrogen-bond donors (Lipinski definition) is 2. The van der Waals surface area contributed by atoms with Crippen molar-refractivity contribution in [2.45, 2.75) is 6.04 Å². The van der Waals surface area contributed by atoms with Crippen molar-refractivity contribution in [1.82, 2.24) is 5.32 Å². The van der Waals surface area contributed by atoms with E-state index in [-0.39, 0.29) is 11.9 Å². The summed E-state index contributed by atoms with van der Waals surface area (Å²) in [4.78, 5) is 14.2. The van der Waals surface area contributed by atoms with E-state index in [1.54, 1.807) is 12.1 Å². The molecule has 0 fully saturated rings. The van der Waals surface area contributed by atoms with E-state index in [4.69, 9.17) is 11.6 Å². The van der Waals surface area contributed by atoms with Gasteiger partial charge in [0.1, 0.15) is 12.6 Å². The number of hydrogen-bond acceptors (Lipinski definition) is 2. The number of benzene rings is 1. The second kappa shape index (κ2) is 6.88. The molecular weight excluding hydrogens is 292 g/mol. The molecule has 3 nitrogen and oxygen atoms in total. The van der Waals surface area contributed by atoms with Crippen LogP contribution in [0.1, 0.15) is 21.3 Å². The van der Waals surface area contributed by atoms with E-state index in [0.29, 0.717) is 9.21 Å². The molecule has 20 heavy (non-hydrogen) atoms. The van der Waals surface area contributed by atoms with Gasteiger partial charge in [-0.05, 0) is 17.7 Å². The summed E-state index contributed by atoms with van der Waals surface area (Å²) in [7, 11) is 4.15. The molecule has 5 heteroatoms. The van der Waals surface area contributed by atoms with E-state index >= 15 is 0 Å². The van der Waals surface area contributed by atoms with Crippen LogP contribution in [-0.4, -0.2) is 26.5 Å². The van der Waals surface area contributed by atoms with Gasteiger partial charge in [0.05, 0.1) is 23.3 Å². The maximum absolute atomic E-state index is 12.3. The molecule has 1 atom stereocenters. The molecule has 0 aliphatic heterocycles. The molecule has 1 heterocycles. The first kappa shape index (κ1) is 15.0. The fraction of sp³-hybridized carbons (Fsp3) is 0.267. The summed E-state index contributed by atoms with van der Waals surface area (Å²) in [6, 6.07) is 13.5. The zero-order valence-corrected chi connectivity index (χ0v) is 13.1. The number of halogens is 1. The predicted octanol–water partition coefficient (Wildman–Crippen LogP) is 2.02. The van der Waals surface area contributed by atoms with Gasteiger partial charge in [0.25, 0.3) is 5.91 Å². The van der Waals surface area contributed by atoms with Crippen molar-refractivity contribution in [2.75, 3.05) is 20.6 Å².